The average molecular weight is 517 g/mol. The molecule has 0 bridgehead atoms. The van der Waals surface area contributed by atoms with Crippen molar-refractivity contribution < 1.29 is 17.9 Å². The molecular weight excluding hydrogens is 492 g/mol. The summed E-state index contributed by atoms with van der Waals surface area (Å²) in [6.45, 7) is 1.32. The van der Waals surface area contributed by atoms with Gasteiger partial charge in [0.2, 0.25) is 0 Å². The van der Waals surface area contributed by atoms with Crippen LogP contribution >= 0.6 is 23.4 Å². The van der Waals surface area contributed by atoms with Gasteiger partial charge in [-0.3, -0.25) is 9.10 Å². The van der Waals surface area contributed by atoms with E-state index in [1.165, 1.54) is 22.1 Å². The SMILES string of the molecule is COCCCNC(=O)c1cc(S(=O)(=O)N2CCc3ccccc32)ccc1Sc1cccc(Cl)c1. The number of methoxy groups -OCH3 is 1. The molecule has 1 aliphatic rings. The lowest BCUT2D eigenvalue weighted by Gasteiger charge is -2.20. The molecule has 3 aromatic carbocycles. The van der Waals surface area contributed by atoms with Crippen LogP contribution in [0.15, 0.2) is 81.4 Å². The minimum absolute atomic E-state index is 0.0849. The Labute approximate surface area is 209 Å². The monoisotopic (exact) mass is 516 g/mol. The molecule has 0 aromatic heterocycles. The van der Waals surface area contributed by atoms with E-state index in [2.05, 4.69) is 5.32 Å². The summed E-state index contributed by atoms with van der Waals surface area (Å²) in [6.07, 6.45) is 1.31. The Morgan fingerprint density at radius 1 is 1.12 bits per heavy atom. The summed E-state index contributed by atoms with van der Waals surface area (Å²) in [5, 5.41) is 3.45. The molecule has 0 fully saturated rings. The van der Waals surface area contributed by atoms with Gasteiger partial charge in [-0.05, 0) is 60.9 Å². The van der Waals surface area contributed by atoms with Crippen molar-refractivity contribution in [3.8, 4) is 0 Å². The highest BCUT2D eigenvalue weighted by Gasteiger charge is 2.31. The number of hydrogen-bond donors (Lipinski definition) is 1. The predicted octanol–water partition coefficient (Wildman–Crippen LogP) is 5.01. The van der Waals surface area contributed by atoms with Crippen molar-refractivity contribution >= 4 is 45.0 Å². The smallest absolute Gasteiger partial charge is 0.264 e. The number of nitrogens with one attached hydrogen (secondary N) is 1. The third-order valence-electron chi connectivity index (χ3n) is 5.46. The maximum Gasteiger partial charge on any atom is 0.264 e. The van der Waals surface area contributed by atoms with Gasteiger partial charge in [-0.25, -0.2) is 8.42 Å². The van der Waals surface area contributed by atoms with E-state index < -0.39 is 10.0 Å². The van der Waals surface area contributed by atoms with Gasteiger partial charge in [0.05, 0.1) is 16.1 Å². The van der Waals surface area contributed by atoms with Crippen molar-refractivity contribution in [1.29, 1.82) is 0 Å². The van der Waals surface area contributed by atoms with E-state index in [1.54, 1.807) is 31.4 Å². The third kappa shape index (κ3) is 5.41. The Hall–Kier alpha value is -2.52. The lowest BCUT2D eigenvalue weighted by molar-refractivity contribution is 0.0945. The average Bonchev–Trinajstić information content (AvgIpc) is 3.27. The molecule has 0 saturated heterocycles. The molecule has 3 aromatic rings. The first-order valence-corrected chi connectivity index (χ1v) is 13.5. The molecule has 1 aliphatic heterocycles. The molecule has 178 valence electrons. The molecule has 0 spiro atoms. The summed E-state index contributed by atoms with van der Waals surface area (Å²) < 4.78 is 33.5. The maximum atomic E-state index is 13.5. The number of hydrogen-bond acceptors (Lipinski definition) is 5. The second kappa shape index (κ2) is 10.8. The number of anilines is 1. The zero-order valence-electron chi connectivity index (χ0n) is 18.7. The first-order valence-electron chi connectivity index (χ1n) is 10.9. The molecular formula is C25H25ClN2O4S2. The van der Waals surface area contributed by atoms with E-state index in [1.807, 2.05) is 36.4 Å². The number of carbonyl (C=O) groups is 1. The van der Waals surface area contributed by atoms with Crippen molar-refractivity contribution in [3.05, 3.63) is 82.9 Å². The summed E-state index contributed by atoms with van der Waals surface area (Å²) in [7, 11) is -2.23. The minimum atomic E-state index is -3.83. The number of para-hydroxylation sites is 1. The number of fused-ring (bicyclic) bond motifs is 1. The lowest BCUT2D eigenvalue weighted by atomic mass is 10.2. The van der Waals surface area contributed by atoms with Crippen molar-refractivity contribution in [2.75, 3.05) is 31.1 Å². The van der Waals surface area contributed by atoms with Crippen molar-refractivity contribution in [2.45, 2.75) is 27.5 Å². The van der Waals surface area contributed by atoms with Crippen LogP contribution in [0, 0.1) is 0 Å². The number of halogens is 1. The summed E-state index contributed by atoms with van der Waals surface area (Å²) in [5.41, 5.74) is 1.98. The third-order valence-corrected chi connectivity index (χ3v) is 8.57. The van der Waals surface area contributed by atoms with Gasteiger partial charge < -0.3 is 10.1 Å². The van der Waals surface area contributed by atoms with Crippen LogP contribution in [0.2, 0.25) is 5.02 Å². The summed E-state index contributed by atoms with van der Waals surface area (Å²) in [4.78, 5) is 14.7. The quantitative estimate of drug-likeness (QED) is 0.405. The number of benzene rings is 3. The molecule has 0 atom stereocenters. The highest BCUT2D eigenvalue weighted by Crippen LogP contribution is 2.36. The van der Waals surface area contributed by atoms with Crippen LogP contribution in [0.5, 0.6) is 0 Å². The molecule has 1 N–H and O–H groups in total. The van der Waals surface area contributed by atoms with Gasteiger partial charge in [0.1, 0.15) is 0 Å². The molecule has 4 rings (SSSR count). The van der Waals surface area contributed by atoms with Gasteiger partial charge in [0, 0.05) is 41.6 Å². The summed E-state index contributed by atoms with van der Waals surface area (Å²) in [5.74, 6) is -0.334. The number of sulfonamides is 1. The molecule has 6 nitrogen and oxygen atoms in total. The standard InChI is InChI=1S/C25H25ClN2O4S2/c1-32-15-5-13-27-25(29)22-17-21(10-11-24(22)33-20-8-4-7-19(26)16-20)34(30,31)28-14-12-18-6-2-3-9-23(18)28/h2-4,6-11,16-17H,5,12-15H2,1H3,(H,27,29). The fourth-order valence-electron chi connectivity index (χ4n) is 3.79. The number of carbonyl (C=O) groups excluding carboxylic acids is 1. The Morgan fingerprint density at radius 2 is 1.94 bits per heavy atom. The van der Waals surface area contributed by atoms with Gasteiger partial charge in [0.25, 0.3) is 15.9 Å². The zero-order chi connectivity index (χ0) is 24.1. The zero-order valence-corrected chi connectivity index (χ0v) is 21.0. The second-order valence-corrected chi connectivity index (χ2v) is 11.2. The van der Waals surface area contributed by atoms with Crippen LogP contribution in [0.4, 0.5) is 5.69 Å². The molecule has 0 aliphatic carbocycles. The normalized spacial score (nSPS) is 13.1. The minimum Gasteiger partial charge on any atom is -0.385 e. The molecule has 0 saturated carbocycles. The Balaban J connectivity index is 1.68. The van der Waals surface area contributed by atoms with E-state index in [9.17, 15) is 13.2 Å². The van der Waals surface area contributed by atoms with Crippen LogP contribution in [-0.2, 0) is 21.2 Å². The van der Waals surface area contributed by atoms with Crippen molar-refractivity contribution in [2.24, 2.45) is 0 Å². The molecule has 0 radical (unpaired) electrons. The molecule has 34 heavy (non-hydrogen) atoms. The number of amides is 1. The summed E-state index contributed by atoms with van der Waals surface area (Å²) >= 11 is 7.48. The summed E-state index contributed by atoms with van der Waals surface area (Å²) in [6, 6.07) is 19.5. The highest BCUT2D eigenvalue weighted by molar-refractivity contribution is 7.99. The van der Waals surface area contributed by atoms with Crippen LogP contribution < -0.4 is 9.62 Å². The van der Waals surface area contributed by atoms with E-state index in [-0.39, 0.29) is 10.8 Å². The van der Waals surface area contributed by atoms with E-state index in [4.69, 9.17) is 16.3 Å². The fourth-order valence-corrected chi connectivity index (χ4v) is 6.56. The first kappa shape index (κ1) is 24.6. The van der Waals surface area contributed by atoms with E-state index in [0.29, 0.717) is 53.7 Å². The Kier molecular flexibility index (Phi) is 7.83. The maximum absolute atomic E-state index is 13.5. The first-order chi connectivity index (χ1) is 16.4. The van der Waals surface area contributed by atoms with Crippen LogP contribution in [0.25, 0.3) is 0 Å². The van der Waals surface area contributed by atoms with Crippen LogP contribution in [0.1, 0.15) is 22.3 Å². The van der Waals surface area contributed by atoms with Crippen molar-refractivity contribution in [1.82, 2.24) is 5.32 Å². The van der Waals surface area contributed by atoms with Gasteiger partial charge in [-0.2, -0.15) is 0 Å². The van der Waals surface area contributed by atoms with Gasteiger partial charge >= 0.3 is 0 Å². The van der Waals surface area contributed by atoms with Gasteiger partial charge in [-0.1, -0.05) is 47.6 Å². The largest absolute Gasteiger partial charge is 0.385 e. The molecule has 9 heteroatoms. The van der Waals surface area contributed by atoms with E-state index in [0.717, 1.165) is 10.5 Å². The lowest BCUT2D eigenvalue weighted by Crippen LogP contribution is -2.30. The van der Waals surface area contributed by atoms with Gasteiger partial charge in [-0.15, -0.1) is 0 Å². The topological polar surface area (TPSA) is 75.7 Å². The number of nitrogens with zero attached hydrogens (tertiary/aromatic N) is 1. The number of ether oxygens (including phenoxy) is 1. The second-order valence-electron chi connectivity index (χ2n) is 7.78. The van der Waals surface area contributed by atoms with Crippen LogP contribution in [0.3, 0.4) is 0 Å². The fraction of sp³-hybridized carbons (Fsp3) is 0.240. The molecule has 0 unspecified atom stereocenters. The Morgan fingerprint density at radius 3 is 2.74 bits per heavy atom. The molecule has 1 amide bonds. The van der Waals surface area contributed by atoms with Gasteiger partial charge in [0.15, 0.2) is 0 Å². The predicted molar refractivity (Wildman–Crippen MR) is 136 cm³/mol. The van der Waals surface area contributed by atoms with Crippen LogP contribution in [-0.4, -0.2) is 41.1 Å². The highest BCUT2D eigenvalue weighted by atomic mass is 35.5. The van der Waals surface area contributed by atoms with E-state index >= 15 is 0 Å². The Bertz CT molecular complexity index is 1300. The van der Waals surface area contributed by atoms with Crippen molar-refractivity contribution in [3.63, 3.8) is 0 Å². The molecule has 1 heterocycles. The number of rotatable bonds is 9.